The molecule has 26 heavy (non-hydrogen) atoms. The molecule has 1 amide bonds. The van der Waals surface area contributed by atoms with Crippen LogP contribution >= 0.6 is 0 Å². The van der Waals surface area contributed by atoms with Crippen LogP contribution in [0.2, 0.25) is 0 Å². The normalized spacial score (nSPS) is 10.5. The first kappa shape index (κ1) is 17.6. The van der Waals surface area contributed by atoms with Gasteiger partial charge in [-0.25, -0.2) is 4.98 Å². The van der Waals surface area contributed by atoms with Gasteiger partial charge < -0.3 is 10.1 Å². The fourth-order valence-corrected chi connectivity index (χ4v) is 2.40. The molecule has 0 saturated carbocycles. The molecule has 7 nitrogen and oxygen atoms in total. The second kappa shape index (κ2) is 8.24. The van der Waals surface area contributed by atoms with E-state index in [0.717, 1.165) is 22.4 Å². The Hall–Kier alpha value is -3.22. The quantitative estimate of drug-likeness (QED) is 0.681. The highest BCUT2D eigenvalue weighted by molar-refractivity contribution is 5.77. The molecule has 0 bridgehead atoms. The van der Waals surface area contributed by atoms with Crippen molar-refractivity contribution in [1.82, 2.24) is 25.5 Å². The molecule has 0 fully saturated rings. The third-order valence-electron chi connectivity index (χ3n) is 3.82. The predicted octanol–water partition coefficient (Wildman–Crippen LogP) is 2.25. The molecule has 2 aromatic heterocycles. The molecule has 0 radical (unpaired) electrons. The zero-order chi connectivity index (χ0) is 18.4. The monoisotopic (exact) mass is 351 g/mol. The number of amides is 1. The molecule has 0 aliphatic rings. The van der Waals surface area contributed by atoms with Crippen molar-refractivity contribution in [2.75, 3.05) is 0 Å². The number of hydrogen-bond donors (Lipinski definition) is 2. The number of benzene rings is 1. The molecule has 7 heteroatoms. The lowest BCUT2D eigenvalue weighted by Crippen LogP contribution is -2.25. The molecule has 1 aromatic carbocycles. The molecule has 3 aromatic rings. The number of nitrogens with one attached hydrogen (secondary N) is 2. The fourth-order valence-electron chi connectivity index (χ4n) is 2.40. The van der Waals surface area contributed by atoms with E-state index in [0.29, 0.717) is 18.2 Å². The van der Waals surface area contributed by atoms with E-state index in [1.807, 2.05) is 44.2 Å². The predicted molar refractivity (Wildman–Crippen MR) is 96.4 cm³/mol. The van der Waals surface area contributed by atoms with Gasteiger partial charge >= 0.3 is 0 Å². The number of ether oxygens (including phenoxy) is 1. The first-order chi connectivity index (χ1) is 12.6. The van der Waals surface area contributed by atoms with Crippen molar-refractivity contribution < 1.29 is 9.53 Å². The Bertz CT molecular complexity index is 877. The van der Waals surface area contributed by atoms with Gasteiger partial charge in [0.25, 0.3) is 0 Å². The average Bonchev–Trinajstić information content (AvgIpc) is 3.09. The summed E-state index contributed by atoms with van der Waals surface area (Å²) in [5.74, 6) is 1.70. The second-order valence-corrected chi connectivity index (χ2v) is 6.07. The van der Waals surface area contributed by atoms with E-state index in [2.05, 4.69) is 25.5 Å². The van der Waals surface area contributed by atoms with Crippen LogP contribution in [0, 0.1) is 13.8 Å². The van der Waals surface area contributed by atoms with Crippen LogP contribution in [0.25, 0.3) is 0 Å². The summed E-state index contributed by atoms with van der Waals surface area (Å²) in [7, 11) is 0. The van der Waals surface area contributed by atoms with Crippen molar-refractivity contribution in [2.45, 2.75) is 33.4 Å². The van der Waals surface area contributed by atoms with Crippen molar-refractivity contribution in [1.29, 1.82) is 0 Å². The number of aromatic amines is 1. The minimum absolute atomic E-state index is 0.111. The zero-order valence-electron chi connectivity index (χ0n) is 14.8. The van der Waals surface area contributed by atoms with Gasteiger partial charge in [0.15, 0.2) is 11.6 Å². The van der Waals surface area contributed by atoms with Crippen LogP contribution in [0.1, 0.15) is 28.3 Å². The molecule has 2 N–H and O–H groups in total. The maximum atomic E-state index is 12.0. The van der Waals surface area contributed by atoms with Gasteiger partial charge in [0.05, 0.1) is 6.42 Å². The summed E-state index contributed by atoms with van der Waals surface area (Å²) in [4.78, 5) is 20.3. The van der Waals surface area contributed by atoms with Crippen molar-refractivity contribution in [2.24, 2.45) is 0 Å². The zero-order valence-corrected chi connectivity index (χ0v) is 14.8. The fraction of sp³-hybridized carbons (Fsp3) is 0.263. The van der Waals surface area contributed by atoms with Gasteiger partial charge in [-0.3, -0.25) is 14.9 Å². The van der Waals surface area contributed by atoms with E-state index in [9.17, 15) is 4.79 Å². The van der Waals surface area contributed by atoms with Crippen LogP contribution in [-0.4, -0.2) is 26.1 Å². The maximum absolute atomic E-state index is 12.0. The Kier molecular flexibility index (Phi) is 5.58. The summed E-state index contributed by atoms with van der Waals surface area (Å²) in [6, 6.07) is 9.78. The summed E-state index contributed by atoms with van der Waals surface area (Å²) >= 11 is 0. The Morgan fingerprint density at radius 3 is 2.96 bits per heavy atom. The standard InChI is InChI=1S/C19H21N5O2/c1-13-5-6-14(2)16(8-13)26-12-18-22-17(23-24-18)9-19(25)21-11-15-4-3-7-20-10-15/h3-8,10H,9,11-12H2,1-2H3,(H,21,25)(H,22,23,24). The summed E-state index contributed by atoms with van der Waals surface area (Å²) in [6.45, 7) is 4.71. The Labute approximate surface area is 151 Å². The Morgan fingerprint density at radius 1 is 1.27 bits per heavy atom. The average molecular weight is 351 g/mol. The van der Waals surface area contributed by atoms with Crippen LogP contribution in [0.4, 0.5) is 0 Å². The van der Waals surface area contributed by atoms with Gasteiger partial charge in [0, 0.05) is 18.9 Å². The molecule has 0 aliphatic carbocycles. The van der Waals surface area contributed by atoms with E-state index < -0.39 is 0 Å². The number of nitrogens with zero attached hydrogens (tertiary/aromatic N) is 3. The van der Waals surface area contributed by atoms with E-state index in [4.69, 9.17) is 4.74 Å². The number of pyridine rings is 1. The summed E-state index contributed by atoms with van der Waals surface area (Å²) in [6.07, 6.45) is 3.52. The van der Waals surface area contributed by atoms with E-state index in [1.54, 1.807) is 12.4 Å². The summed E-state index contributed by atoms with van der Waals surface area (Å²) in [5.41, 5.74) is 3.14. The number of aryl methyl sites for hydroxylation is 2. The molecule has 0 spiro atoms. The lowest BCUT2D eigenvalue weighted by Gasteiger charge is -2.08. The van der Waals surface area contributed by atoms with Gasteiger partial charge in [-0.05, 0) is 42.7 Å². The summed E-state index contributed by atoms with van der Waals surface area (Å²) in [5, 5.41) is 9.71. The minimum atomic E-state index is -0.144. The van der Waals surface area contributed by atoms with E-state index in [-0.39, 0.29) is 18.9 Å². The molecule has 0 atom stereocenters. The van der Waals surface area contributed by atoms with Gasteiger partial charge in [-0.15, -0.1) is 0 Å². The van der Waals surface area contributed by atoms with E-state index in [1.165, 1.54) is 0 Å². The van der Waals surface area contributed by atoms with Crippen molar-refractivity contribution in [3.8, 4) is 5.75 Å². The third kappa shape index (κ3) is 4.89. The highest BCUT2D eigenvalue weighted by Crippen LogP contribution is 2.19. The first-order valence-electron chi connectivity index (χ1n) is 8.36. The lowest BCUT2D eigenvalue weighted by molar-refractivity contribution is -0.120. The van der Waals surface area contributed by atoms with Crippen LogP contribution in [0.3, 0.4) is 0 Å². The SMILES string of the molecule is Cc1ccc(C)c(OCc2nc(CC(=O)NCc3cccnc3)n[nH]2)c1. The maximum Gasteiger partial charge on any atom is 0.228 e. The smallest absolute Gasteiger partial charge is 0.228 e. The van der Waals surface area contributed by atoms with Crippen molar-refractivity contribution >= 4 is 5.91 Å². The molecule has 0 unspecified atom stereocenters. The van der Waals surface area contributed by atoms with Crippen molar-refractivity contribution in [3.63, 3.8) is 0 Å². The highest BCUT2D eigenvalue weighted by atomic mass is 16.5. The molecule has 3 rings (SSSR count). The molecular formula is C19H21N5O2. The largest absolute Gasteiger partial charge is 0.485 e. The third-order valence-corrected chi connectivity index (χ3v) is 3.82. The van der Waals surface area contributed by atoms with Gasteiger partial charge in [0.1, 0.15) is 12.4 Å². The minimum Gasteiger partial charge on any atom is -0.485 e. The molecule has 2 heterocycles. The molecular weight excluding hydrogens is 330 g/mol. The van der Waals surface area contributed by atoms with Crippen LogP contribution in [0.5, 0.6) is 5.75 Å². The Balaban J connectivity index is 1.49. The number of hydrogen-bond acceptors (Lipinski definition) is 5. The highest BCUT2D eigenvalue weighted by Gasteiger charge is 2.10. The lowest BCUT2D eigenvalue weighted by atomic mass is 10.1. The Morgan fingerprint density at radius 2 is 2.15 bits per heavy atom. The first-order valence-corrected chi connectivity index (χ1v) is 8.36. The molecule has 0 saturated heterocycles. The number of aromatic nitrogens is 4. The molecule has 0 aliphatic heterocycles. The van der Waals surface area contributed by atoms with Crippen LogP contribution in [-0.2, 0) is 24.4 Å². The van der Waals surface area contributed by atoms with Crippen LogP contribution in [0.15, 0.2) is 42.7 Å². The van der Waals surface area contributed by atoms with Gasteiger partial charge in [-0.1, -0.05) is 18.2 Å². The second-order valence-electron chi connectivity index (χ2n) is 6.07. The summed E-state index contributed by atoms with van der Waals surface area (Å²) < 4.78 is 5.79. The van der Waals surface area contributed by atoms with Crippen molar-refractivity contribution in [3.05, 3.63) is 71.1 Å². The number of H-pyrrole nitrogens is 1. The molecule has 134 valence electrons. The van der Waals surface area contributed by atoms with Gasteiger partial charge in [-0.2, -0.15) is 5.10 Å². The van der Waals surface area contributed by atoms with E-state index >= 15 is 0 Å². The van der Waals surface area contributed by atoms with Gasteiger partial charge in [0.2, 0.25) is 5.91 Å². The number of carbonyl (C=O) groups excluding carboxylic acids is 1. The number of carbonyl (C=O) groups is 1. The number of rotatable bonds is 7. The van der Waals surface area contributed by atoms with Crippen LogP contribution < -0.4 is 10.1 Å². The topological polar surface area (TPSA) is 92.8 Å².